The molecule has 0 saturated heterocycles. The van der Waals surface area contributed by atoms with Crippen molar-refractivity contribution in [3.63, 3.8) is 0 Å². The van der Waals surface area contributed by atoms with Crippen LogP contribution in [-0.4, -0.2) is 21.3 Å². The normalized spacial score (nSPS) is 15.2. The zero-order valence-electron chi connectivity index (χ0n) is 14.8. The van der Waals surface area contributed by atoms with E-state index in [0.717, 1.165) is 5.56 Å². The lowest BCUT2D eigenvalue weighted by Crippen LogP contribution is -2.29. The molecular weight excluding hydrogens is 302 g/mol. The van der Waals surface area contributed by atoms with E-state index in [1.807, 2.05) is 0 Å². The summed E-state index contributed by atoms with van der Waals surface area (Å²) >= 11 is 0. The van der Waals surface area contributed by atoms with Crippen LogP contribution in [0.4, 0.5) is 0 Å². The minimum absolute atomic E-state index is 0.124. The van der Waals surface area contributed by atoms with Crippen molar-refractivity contribution in [2.75, 3.05) is 6.98 Å². The van der Waals surface area contributed by atoms with Gasteiger partial charge in [-0.1, -0.05) is 48.0 Å². The van der Waals surface area contributed by atoms with Crippen molar-refractivity contribution in [2.24, 2.45) is 0 Å². The van der Waals surface area contributed by atoms with Gasteiger partial charge in [0.1, 0.15) is 0 Å². The van der Waals surface area contributed by atoms with Crippen LogP contribution in [0, 0.1) is 6.92 Å². The van der Waals surface area contributed by atoms with E-state index in [4.69, 9.17) is 8.30 Å². The molecule has 0 unspecified atom stereocenters. The first kappa shape index (κ1) is 12.4. The van der Waals surface area contributed by atoms with E-state index in [1.165, 1.54) is 24.3 Å². The van der Waals surface area contributed by atoms with E-state index >= 15 is 0 Å². The molecule has 2 aromatic rings. The number of rotatable bonds is 5. The fourth-order valence-electron chi connectivity index (χ4n) is 1.83. The zero-order valence-corrected chi connectivity index (χ0v) is 12.6. The number of likely N-dealkylation sites (N-methyl/N-ethyl adjacent to an activating group) is 1. The van der Waals surface area contributed by atoms with Gasteiger partial charge in [-0.3, -0.25) is 4.79 Å². The van der Waals surface area contributed by atoms with Gasteiger partial charge in [0.25, 0.3) is 16.0 Å². The third kappa shape index (κ3) is 3.72. The quantitative estimate of drug-likeness (QED) is 0.857. The molecule has 22 heavy (non-hydrogen) atoms. The van der Waals surface area contributed by atoms with E-state index < -0.39 is 29.1 Å². The highest BCUT2D eigenvalue weighted by Gasteiger charge is 2.28. The zero-order chi connectivity index (χ0) is 18.7. The Kier molecular flexibility index (Phi) is 3.78. The molecule has 1 atom stereocenters. The summed E-state index contributed by atoms with van der Waals surface area (Å²) in [6.45, 7) is -0.963. The summed E-state index contributed by atoms with van der Waals surface area (Å²) in [4.78, 5) is 12.1. The lowest BCUT2D eigenvalue weighted by Gasteiger charge is -2.16. The first-order chi connectivity index (χ1) is 11.6. The molecule has 0 aliphatic heterocycles. The highest BCUT2D eigenvalue weighted by molar-refractivity contribution is 7.86. The highest BCUT2D eigenvalue weighted by Crippen LogP contribution is 2.24. The van der Waals surface area contributed by atoms with E-state index in [0.29, 0.717) is 0 Å². The number of hydrogen-bond acceptors (Lipinski definition) is 4. The van der Waals surface area contributed by atoms with Crippen LogP contribution >= 0.6 is 0 Å². The Balaban J connectivity index is 2.36. The van der Waals surface area contributed by atoms with Gasteiger partial charge in [-0.05, 0) is 24.6 Å². The predicted molar refractivity (Wildman–Crippen MR) is 82.7 cm³/mol. The third-order valence-electron chi connectivity index (χ3n) is 3.00. The number of amides is 1. The van der Waals surface area contributed by atoms with Crippen LogP contribution in [0.3, 0.4) is 0 Å². The van der Waals surface area contributed by atoms with Gasteiger partial charge in [0.2, 0.25) is 0 Å². The maximum absolute atomic E-state index is 12.5. The summed E-state index contributed by atoms with van der Waals surface area (Å²) in [5, 5.41) is 1.77. The lowest BCUT2D eigenvalue weighted by atomic mass is 10.1. The summed E-state index contributed by atoms with van der Waals surface area (Å²) in [6.07, 6.45) is -1.62. The van der Waals surface area contributed by atoms with Gasteiger partial charge in [0.15, 0.2) is 6.10 Å². The molecule has 0 saturated carbocycles. The van der Waals surface area contributed by atoms with Crippen molar-refractivity contribution < 1.29 is 21.5 Å². The molecule has 0 aromatic heterocycles. The van der Waals surface area contributed by atoms with Crippen molar-refractivity contribution in [1.29, 1.82) is 0 Å². The molecule has 1 amide bonds. The summed E-state index contributed by atoms with van der Waals surface area (Å²) in [5.74, 6) is -1.07. The molecule has 0 aliphatic rings. The molecule has 0 heterocycles. The standard InChI is InChI=1S/C16H17NO4S/c1-12-8-10-14(11-9-12)22(19,20)21-15(16(18)17-2)13-6-4-3-5-7-13/h3-11,15H,1-2H3,(H,17,18)/t15-/m0/s1/i2D3. The van der Waals surface area contributed by atoms with Crippen molar-refractivity contribution in [3.05, 3.63) is 65.7 Å². The topological polar surface area (TPSA) is 72.5 Å². The van der Waals surface area contributed by atoms with Crippen LogP contribution in [0.25, 0.3) is 0 Å². The number of benzene rings is 2. The Bertz CT molecular complexity index is 834. The van der Waals surface area contributed by atoms with Gasteiger partial charge in [-0.15, -0.1) is 0 Å². The van der Waals surface area contributed by atoms with Crippen LogP contribution in [0.1, 0.15) is 21.3 Å². The first-order valence-corrected chi connectivity index (χ1v) is 7.86. The van der Waals surface area contributed by atoms with Crippen molar-refractivity contribution >= 4 is 16.0 Å². The molecule has 0 aliphatic carbocycles. The van der Waals surface area contributed by atoms with Crippen LogP contribution in [0.5, 0.6) is 0 Å². The van der Waals surface area contributed by atoms with Crippen LogP contribution in [0.15, 0.2) is 59.5 Å². The van der Waals surface area contributed by atoms with Gasteiger partial charge in [0, 0.05) is 11.1 Å². The summed E-state index contributed by atoms with van der Waals surface area (Å²) in [7, 11) is -4.27. The number of aryl methyl sites for hydroxylation is 1. The molecule has 2 rings (SSSR count). The maximum atomic E-state index is 12.5. The van der Waals surface area contributed by atoms with Crippen LogP contribution in [-0.2, 0) is 19.1 Å². The number of carbonyl (C=O) groups is 1. The lowest BCUT2D eigenvalue weighted by molar-refractivity contribution is -0.127. The third-order valence-corrected chi connectivity index (χ3v) is 4.29. The molecule has 5 nitrogen and oxygen atoms in total. The van der Waals surface area contributed by atoms with Gasteiger partial charge >= 0.3 is 0 Å². The average molecular weight is 322 g/mol. The molecule has 0 radical (unpaired) electrons. The summed E-state index contributed by atoms with van der Waals surface area (Å²) < 4.78 is 51.4. The Labute approximate surface area is 134 Å². The fraction of sp³-hybridized carbons (Fsp3) is 0.188. The minimum atomic E-state index is -4.27. The SMILES string of the molecule is [2H]C([2H])([2H])NC(=O)[C@@H](OS(=O)(=O)c1ccc(C)cc1)c1ccccc1. The number of carbonyl (C=O) groups excluding carboxylic acids is 1. The Morgan fingerprint density at radius 1 is 1.14 bits per heavy atom. The van der Waals surface area contributed by atoms with Gasteiger partial charge in [-0.25, -0.2) is 4.18 Å². The van der Waals surface area contributed by atoms with Gasteiger partial charge in [0.05, 0.1) is 4.90 Å². The van der Waals surface area contributed by atoms with Crippen molar-refractivity contribution in [2.45, 2.75) is 17.9 Å². The van der Waals surface area contributed by atoms with Gasteiger partial charge < -0.3 is 5.32 Å². The molecule has 2 aromatic carbocycles. The van der Waals surface area contributed by atoms with Crippen molar-refractivity contribution in [3.8, 4) is 0 Å². The first-order valence-electron chi connectivity index (χ1n) is 7.95. The molecule has 1 N–H and O–H groups in total. The Morgan fingerprint density at radius 2 is 1.77 bits per heavy atom. The number of nitrogens with one attached hydrogen (secondary N) is 1. The van der Waals surface area contributed by atoms with Crippen LogP contribution in [0.2, 0.25) is 0 Å². The summed E-state index contributed by atoms with van der Waals surface area (Å²) in [6, 6.07) is 13.7. The van der Waals surface area contributed by atoms with E-state index in [9.17, 15) is 13.2 Å². The Morgan fingerprint density at radius 3 is 2.36 bits per heavy atom. The maximum Gasteiger partial charge on any atom is 0.298 e. The fourth-order valence-corrected chi connectivity index (χ4v) is 2.86. The monoisotopic (exact) mass is 322 g/mol. The Hall–Kier alpha value is -2.18. The molecule has 0 fully saturated rings. The molecular formula is C16H17NO4S. The second-order valence-electron chi connectivity index (χ2n) is 4.64. The van der Waals surface area contributed by atoms with E-state index in [-0.39, 0.29) is 10.5 Å². The largest absolute Gasteiger partial charge is 0.357 e. The molecule has 6 heteroatoms. The predicted octanol–water partition coefficient (Wildman–Crippen LogP) is 2.19. The molecule has 0 bridgehead atoms. The van der Waals surface area contributed by atoms with Gasteiger partial charge in [-0.2, -0.15) is 8.42 Å². The second kappa shape index (κ2) is 6.72. The average Bonchev–Trinajstić information content (AvgIpc) is 2.52. The number of hydrogen-bond donors (Lipinski definition) is 1. The second-order valence-corrected chi connectivity index (χ2v) is 6.22. The minimum Gasteiger partial charge on any atom is -0.357 e. The molecule has 116 valence electrons. The summed E-state index contributed by atoms with van der Waals surface area (Å²) in [5.41, 5.74) is 1.08. The highest BCUT2D eigenvalue weighted by atomic mass is 32.2. The smallest absolute Gasteiger partial charge is 0.298 e. The van der Waals surface area contributed by atoms with E-state index in [2.05, 4.69) is 0 Å². The van der Waals surface area contributed by atoms with Crippen LogP contribution < -0.4 is 5.32 Å². The molecule has 0 spiro atoms. The van der Waals surface area contributed by atoms with E-state index in [1.54, 1.807) is 42.6 Å². The van der Waals surface area contributed by atoms with Crippen molar-refractivity contribution in [1.82, 2.24) is 5.32 Å².